The number of rotatable bonds is 2. The zero-order valence-electron chi connectivity index (χ0n) is 7.72. The van der Waals surface area contributed by atoms with Gasteiger partial charge in [-0.15, -0.1) is 11.6 Å². The van der Waals surface area contributed by atoms with Crippen LogP contribution in [0, 0.1) is 0 Å². The number of hydrogen-bond donors (Lipinski definition) is 1. The molecule has 0 spiro atoms. The SMILES string of the molecule is ClCc1[nH]c(C2CCOCC2)nc1Br. The number of nitrogens with one attached hydrogen (secondary N) is 1. The second-order valence-electron chi connectivity index (χ2n) is 3.41. The van der Waals surface area contributed by atoms with E-state index in [1.165, 1.54) is 0 Å². The summed E-state index contributed by atoms with van der Waals surface area (Å²) in [4.78, 5) is 7.68. The monoisotopic (exact) mass is 278 g/mol. The Balaban J connectivity index is 2.14. The van der Waals surface area contributed by atoms with Crippen LogP contribution in [0.25, 0.3) is 0 Å². The normalized spacial score (nSPS) is 18.7. The number of aromatic nitrogens is 2. The van der Waals surface area contributed by atoms with Gasteiger partial charge in [0.1, 0.15) is 10.4 Å². The van der Waals surface area contributed by atoms with Crippen molar-refractivity contribution in [1.82, 2.24) is 9.97 Å². The van der Waals surface area contributed by atoms with Crippen LogP contribution in [-0.2, 0) is 10.6 Å². The quantitative estimate of drug-likeness (QED) is 0.845. The molecule has 1 aliphatic heterocycles. The van der Waals surface area contributed by atoms with Gasteiger partial charge in [-0.3, -0.25) is 0 Å². The van der Waals surface area contributed by atoms with Crippen LogP contribution in [0.2, 0.25) is 0 Å². The van der Waals surface area contributed by atoms with Crippen LogP contribution in [0.5, 0.6) is 0 Å². The van der Waals surface area contributed by atoms with Crippen molar-refractivity contribution in [3.05, 3.63) is 16.1 Å². The number of nitrogens with zero attached hydrogens (tertiary/aromatic N) is 1. The van der Waals surface area contributed by atoms with Crippen LogP contribution in [0.1, 0.15) is 30.3 Å². The Morgan fingerprint density at radius 2 is 2.21 bits per heavy atom. The van der Waals surface area contributed by atoms with Crippen molar-refractivity contribution in [2.75, 3.05) is 13.2 Å². The molecule has 0 bridgehead atoms. The van der Waals surface area contributed by atoms with Gasteiger partial charge in [0.25, 0.3) is 0 Å². The van der Waals surface area contributed by atoms with Gasteiger partial charge in [0.2, 0.25) is 0 Å². The molecule has 0 amide bonds. The van der Waals surface area contributed by atoms with E-state index in [2.05, 4.69) is 25.9 Å². The third-order valence-electron chi connectivity index (χ3n) is 2.49. The number of aromatic amines is 1. The Morgan fingerprint density at radius 3 is 2.79 bits per heavy atom. The molecule has 2 rings (SSSR count). The Morgan fingerprint density at radius 1 is 1.50 bits per heavy atom. The third kappa shape index (κ3) is 2.12. The van der Waals surface area contributed by atoms with Crippen LogP contribution < -0.4 is 0 Å². The van der Waals surface area contributed by atoms with Gasteiger partial charge in [0.05, 0.1) is 11.6 Å². The lowest BCUT2D eigenvalue weighted by Crippen LogP contribution is -2.15. The molecule has 1 aromatic rings. The largest absolute Gasteiger partial charge is 0.381 e. The summed E-state index contributed by atoms with van der Waals surface area (Å²) in [6.45, 7) is 1.67. The molecule has 0 aromatic carbocycles. The molecule has 1 saturated heterocycles. The minimum Gasteiger partial charge on any atom is -0.381 e. The summed E-state index contributed by atoms with van der Waals surface area (Å²) in [5.41, 5.74) is 0.966. The van der Waals surface area contributed by atoms with Crippen LogP contribution in [0.3, 0.4) is 0 Å². The molecule has 1 aliphatic rings. The van der Waals surface area contributed by atoms with Gasteiger partial charge in [-0.05, 0) is 28.8 Å². The number of alkyl halides is 1. The summed E-state index contributed by atoms with van der Waals surface area (Å²) in [5.74, 6) is 2.00. The summed E-state index contributed by atoms with van der Waals surface area (Å²) < 4.78 is 6.15. The number of ether oxygens (including phenoxy) is 1. The molecule has 0 unspecified atom stereocenters. The molecule has 0 atom stereocenters. The minimum absolute atomic E-state index is 0.469. The highest BCUT2D eigenvalue weighted by atomic mass is 79.9. The van der Waals surface area contributed by atoms with Crippen LogP contribution >= 0.6 is 27.5 Å². The molecule has 3 nitrogen and oxygen atoms in total. The molecule has 5 heteroatoms. The number of halogens is 2. The van der Waals surface area contributed by atoms with E-state index in [1.54, 1.807) is 0 Å². The average Bonchev–Trinajstić information content (AvgIpc) is 2.61. The van der Waals surface area contributed by atoms with Crippen LogP contribution in [0.15, 0.2) is 4.60 Å². The first kappa shape index (κ1) is 10.5. The van der Waals surface area contributed by atoms with Crippen molar-refractivity contribution in [2.45, 2.75) is 24.6 Å². The predicted octanol–water partition coefficient (Wildman–Crippen LogP) is 2.81. The minimum atomic E-state index is 0.469. The average molecular weight is 280 g/mol. The van der Waals surface area contributed by atoms with E-state index < -0.39 is 0 Å². The fourth-order valence-corrected chi connectivity index (χ4v) is 2.45. The van der Waals surface area contributed by atoms with Gasteiger partial charge in [0, 0.05) is 19.1 Å². The highest BCUT2D eigenvalue weighted by Crippen LogP contribution is 2.27. The molecule has 0 saturated carbocycles. The standard InChI is InChI=1S/C9H12BrClN2O/c10-8-7(5-11)12-9(13-8)6-1-3-14-4-2-6/h6H,1-5H2,(H,12,13). The summed E-state index contributed by atoms with van der Waals surface area (Å²) in [6, 6.07) is 0. The molecular weight excluding hydrogens is 267 g/mol. The smallest absolute Gasteiger partial charge is 0.128 e. The van der Waals surface area contributed by atoms with Crippen molar-refractivity contribution in [3.63, 3.8) is 0 Å². The topological polar surface area (TPSA) is 37.9 Å². The lowest BCUT2D eigenvalue weighted by Gasteiger charge is -2.19. The molecule has 1 fully saturated rings. The molecule has 2 heterocycles. The maximum absolute atomic E-state index is 5.76. The van der Waals surface area contributed by atoms with E-state index in [0.29, 0.717) is 11.8 Å². The lowest BCUT2D eigenvalue weighted by molar-refractivity contribution is 0.0837. The van der Waals surface area contributed by atoms with E-state index >= 15 is 0 Å². The Hall–Kier alpha value is -0.0600. The summed E-state index contributed by atoms with van der Waals surface area (Å²) in [6.07, 6.45) is 2.09. The summed E-state index contributed by atoms with van der Waals surface area (Å²) in [7, 11) is 0. The van der Waals surface area contributed by atoms with E-state index in [0.717, 1.165) is 42.2 Å². The van der Waals surface area contributed by atoms with Crippen molar-refractivity contribution in [3.8, 4) is 0 Å². The highest BCUT2D eigenvalue weighted by Gasteiger charge is 2.20. The van der Waals surface area contributed by atoms with Gasteiger partial charge in [-0.25, -0.2) is 4.98 Å². The molecular formula is C9H12BrClN2O. The van der Waals surface area contributed by atoms with Crippen LogP contribution in [-0.4, -0.2) is 23.2 Å². The van der Waals surface area contributed by atoms with Gasteiger partial charge in [0.15, 0.2) is 0 Å². The predicted molar refractivity (Wildman–Crippen MR) is 58.6 cm³/mol. The second kappa shape index (κ2) is 4.64. The van der Waals surface area contributed by atoms with E-state index in [-0.39, 0.29) is 0 Å². The van der Waals surface area contributed by atoms with Crippen molar-refractivity contribution in [1.29, 1.82) is 0 Å². The van der Waals surface area contributed by atoms with Crippen molar-refractivity contribution < 1.29 is 4.74 Å². The van der Waals surface area contributed by atoms with Crippen LogP contribution in [0.4, 0.5) is 0 Å². The summed E-state index contributed by atoms with van der Waals surface area (Å²) in [5, 5.41) is 0. The van der Waals surface area contributed by atoms with E-state index in [1.807, 2.05) is 0 Å². The van der Waals surface area contributed by atoms with E-state index in [4.69, 9.17) is 16.3 Å². The summed E-state index contributed by atoms with van der Waals surface area (Å²) >= 11 is 9.14. The molecule has 0 aliphatic carbocycles. The Labute approximate surface area is 96.3 Å². The van der Waals surface area contributed by atoms with Gasteiger partial charge >= 0.3 is 0 Å². The first-order valence-electron chi connectivity index (χ1n) is 4.69. The van der Waals surface area contributed by atoms with Gasteiger partial charge in [-0.1, -0.05) is 0 Å². The molecule has 78 valence electrons. The number of H-pyrrole nitrogens is 1. The second-order valence-corrected chi connectivity index (χ2v) is 4.43. The van der Waals surface area contributed by atoms with Crippen molar-refractivity contribution in [2.24, 2.45) is 0 Å². The number of hydrogen-bond acceptors (Lipinski definition) is 2. The zero-order valence-corrected chi connectivity index (χ0v) is 10.1. The fraction of sp³-hybridized carbons (Fsp3) is 0.667. The maximum atomic E-state index is 5.76. The molecule has 1 N–H and O–H groups in total. The maximum Gasteiger partial charge on any atom is 0.128 e. The first-order valence-corrected chi connectivity index (χ1v) is 6.02. The van der Waals surface area contributed by atoms with Gasteiger partial charge < -0.3 is 9.72 Å². The lowest BCUT2D eigenvalue weighted by atomic mass is 10.00. The third-order valence-corrected chi connectivity index (χ3v) is 3.41. The Kier molecular flexibility index (Phi) is 3.47. The zero-order chi connectivity index (χ0) is 9.97. The molecule has 0 radical (unpaired) electrons. The van der Waals surface area contributed by atoms with Gasteiger partial charge in [-0.2, -0.15) is 0 Å². The van der Waals surface area contributed by atoms with E-state index in [9.17, 15) is 0 Å². The molecule has 14 heavy (non-hydrogen) atoms. The fourth-order valence-electron chi connectivity index (χ4n) is 1.66. The highest BCUT2D eigenvalue weighted by molar-refractivity contribution is 9.10. The molecule has 1 aromatic heterocycles. The number of imidazole rings is 1. The Bertz CT molecular complexity index is 310. The van der Waals surface area contributed by atoms with Crippen molar-refractivity contribution >= 4 is 27.5 Å². The first-order chi connectivity index (χ1) is 6.81.